The van der Waals surface area contributed by atoms with Crippen molar-refractivity contribution in [3.05, 3.63) is 51.1 Å². The minimum atomic E-state index is -1.10. The Labute approximate surface area is 228 Å². The van der Waals surface area contributed by atoms with Crippen LogP contribution in [0.2, 0.25) is 0 Å². The third kappa shape index (κ3) is 5.80. The highest BCUT2D eigenvalue weighted by Gasteiger charge is 2.59. The molecule has 2 saturated carbocycles. The summed E-state index contributed by atoms with van der Waals surface area (Å²) < 4.78 is 11.5. The molecule has 0 unspecified atom stereocenters. The van der Waals surface area contributed by atoms with Gasteiger partial charge >= 0.3 is 11.6 Å². The number of allylic oxidation sites excluding steroid dienone is 3. The van der Waals surface area contributed by atoms with Crippen LogP contribution in [-0.2, 0) is 16.0 Å². The van der Waals surface area contributed by atoms with Crippen molar-refractivity contribution >= 4 is 5.97 Å². The molecule has 3 rings (SSSR count). The topological polar surface area (TPSA) is 97.0 Å². The third-order valence-electron chi connectivity index (χ3n) is 9.71. The number of rotatable bonds is 9. The van der Waals surface area contributed by atoms with Crippen LogP contribution in [0.1, 0.15) is 103 Å². The molecule has 0 saturated heterocycles. The monoisotopic (exact) mass is 528 g/mol. The van der Waals surface area contributed by atoms with Crippen LogP contribution >= 0.6 is 0 Å². The molecule has 6 atom stereocenters. The molecule has 1 heterocycles. The Balaban J connectivity index is 2.00. The first kappa shape index (κ1) is 30.2. The second-order valence-electron chi connectivity index (χ2n) is 12.5. The van der Waals surface area contributed by atoms with Gasteiger partial charge in [-0.15, -0.1) is 0 Å². The van der Waals surface area contributed by atoms with E-state index in [1.54, 1.807) is 13.8 Å². The Bertz CT molecular complexity index is 1130. The number of carbonyl (C=O) groups is 1. The van der Waals surface area contributed by atoms with E-state index in [0.717, 1.165) is 37.7 Å². The average molecular weight is 529 g/mol. The Morgan fingerprint density at radius 2 is 1.95 bits per heavy atom. The molecule has 0 spiro atoms. The predicted octanol–water partition coefficient (Wildman–Crippen LogP) is 6.71. The number of hydrogen-bond acceptors (Lipinski definition) is 6. The zero-order valence-electron chi connectivity index (χ0n) is 24.5. The van der Waals surface area contributed by atoms with E-state index in [1.807, 2.05) is 6.92 Å². The maximum absolute atomic E-state index is 12.8. The summed E-state index contributed by atoms with van der Waals surface area (Å²) in [5, 5.41) is 21.2. The molecule has 1 aromatic heterocycles. The summed E-state index contributed by atoms with van der Waals surface area (Å²) >= 11 is 0. The van der Waals surface area contributed by atoms with Gasteiger partial charge < -0.3 is 19.4 Å². The first-order chi connectivity index (χ1) is 17.8. The largest absolute Gasteiger partial charge is 0.507 e. The van der Waals surface area contributed by atoms with Crippen molar-refractivity contribution in [2.24, 2.45) is 22.7 Å². The van der Waals surface area contributed by atoms with Gasteiger partial charge in [0.15, 0.2) is 6.10 Å². The fourth-order valence-electron chi connectivity index (χ4n) is 7.31. The molecule has 0 aromatic carbocycles. The molecular weight excluding hydrogens is 480 g/mol. The molecular formula is C32H48O6. The Morgan fingerprint density at radius 1 is 1.26 bits per heavy atom. The summed E-state index contributed by atoms with van der Waals surface area (Å²) in [4.78, 5) is 25.7. The molecule has 0 bridgehead atoms. The lowest BCUT2D eigenvalue weighted by molar-refractivity contribution is -0.188. The van der Waals surface area contributed by atoms with Crippen LogP contribution in [0.25, 0.3) is 0 Å². The molecule has 38 heavy (non-hydrogen) atoms. The van der Waals surface area contributed by atoms with E-state index < -0.39 is 17.7 Å². The van der Waals surface area contributed by atoms with Gasteiger partial charge in [-0.25, -0.2) is 9.59 Å². The normalized spacial score (nSPS) is 29.9. The van der Waals surface area contributed by atoms with Crippen LogP contribution in [0.4, 0.5) is 0 Å². The van der Waals surface area contributed by atoms with Crippen LogP contribution in [-0.4, -0.2) is 28.4 Å². The van der Waals surface area contributed by atoms with Crippen molar-refractivity contribution in [3.63, 3.8) is 0 Å². The summed E-state index contributed by atoms with van der Waals surface area (Å²) in [6.07, 6.45) is 7.30. The lowest BCUT2D eigenvalue weighted by Crippen LogP contribution is -2.57. The molecule has 212 valence electrons. The first-order valence-electron chi connectivity index (χ1n) is 14.3. The van der Waals surface area contributed by atoms with E-state index in [2.05, 4.69) is 40.3 Å². The molecule has 0 aliphatic heterocycles. The standard InChI is InChI=1S/C32H48O6/c1-9-11-25(33)30(36)38-27-15-17-31(7)24(18-23-28(34)21(5)22(6)37-29(23)35)20(4)13-14-26(31)32(27,8)16-10-12-19(2)3/h12,24-27,33-34H,4,9-11,13-18H2,1-3,5-8H3/t24-,25-,26-,27+,31-,32+/m1/s1. The SMILES string of the molecule is C=C1CC[C@H]2[C@](C)(CCC=C(C)C)[C@@H](OC(=O)[C@H](O)CCC)CC[C@]2(C)[C@@H]1Cc1c(O)c(C)c(C)oc1=O. The van der Waals surface area contributed by atoms with Gasteiger partial charge in [0, 0.05) is 11.0 Å². The van der Waals surface area contributed by atoms with E-state index in [9.17, 15) is 19.8 Å². The second-order valence-corrected chi connectivity index (χ2v) is 12.5. The quantitative estimate of drug-likeness (QED) is 0.273. The van der Waals surface area contributed by atoms with Crippen LogP contribution in [0.3, 0.4) is 0 Å². The van der Waals surface area contributed by atoms with E-state index >= 15 is 0 Å². The summed E-state index contributed by atoms with van der Waals surface area (Å²) in [5.74, 6) is 0.135. The fraction of sp³-hybridized carbons (Fsp3) is 0.688. The zero-order valence-corrected chi connectivity index (χ0v) is 24.5. The molecule has 1 aromatic rings. The molecule has 0 radical (unpaired) electrons. The smallest absolute Gasteiger partial charge is 0.342 e. The summed E-state index contributed by atoms with van der Waals surface area (Å²) in [7, 11) is 0. The van der Waals surface area contributed by atoms with Crippen molar-refractivity contribution < 1.29 is 24.2 Å². The van der Waals surface area contributed by atoms with Crippen LogP contribution in [0.15, 0.2) is 33.0 Å². The van der Waals surface area contributed by atoms with E-state index in [0.29, 0.717) is 42.6 Å². The lowest BCUT2D eigenvalue weighted by Gasteiger charge is -2.61. The van der Waals surface area contributed by atoms with E-state index in [1.165, 1.54) is 5.57 Å². The Kier molecular flexibility index (Phi) is 9.39. The van der Waals surface area contributed by atoms with Gasteiger partial charge in [-0.2, -0.15) is 0 Å². The van der Waals surface area contributed by atoms with Gasteiger partial charge in [-0.1, -0.05) is 51.0 Å². The van der Waals surface area contributed by atoms with Gasteiger partial charge in [-0.3, -0.25) is 0 Å². The van der Waals surface area contributed by atoms with Crippen molar-refractivity contribution in [3.8, 4) is 5.75 Å². The summed E-state index contributed by atoms with van der Waals surface area (Å²) in [6.45, 7) is 18.5. The maximum atomic E-state index is 12.8. The third-order valence-corrected chi connectivity index (χ3v) is 9.71. The van der Waals surface area contributed by atoms with Crippen LogP contribution < -0.4 is 5.63 Å². The molecule has 6 nitrogen and oxygen atoms in total. The van der Waals surface area contributed by atoms with Crippen molar-refractivity contribution in [2.75, 3.05) is 0 Å². The van der Waals surface area contributed by atoms with Gasteiger partial charge in [0.25, 0.3) is 0 Å². The highest BCUT2D eigenvalue weighted by atomic mass is 16.6. The van der Waals surface area contributed by atoms with Crippen LogP contribution in [0, 0.1) is 36.5 Å². The minimum Gasteiger partial charge on any atom is -0.507 e. The number of ether oxygens (including phenoxy) is 1. The number of aryl methyl sites for hydroxylation is 1. The molecule has 2 fully saturated rings. The zero-order chi connectivity index (χ0) is 28.4. The van der Waals surface area contributed by atoms with Crippen LogP contribution in [0.5, 0.6) is 5.75 Å². The van der Waals surface area contributed by atoms with Gasteiger partial charge in [0.1, 0.15) is 17.6 Å². The number of carbonyl (C=O) groups excluding carboxylic acids is 1. The molecule has 6 heteroatoms. The van der Waals surface area contributed by atoms with Gasteiger partial charge in [0.2, 0.25) is 0 Å². The van der Waals surface area contributed by atoms with Gasteiger partial charge in [-0.05, 0) is 96.3 Å². The van der Waals surface area contributed by atoms with Gasteiger partial charge in [0.05, 0.1) is 5.56 Å². The van der Waals surface area contributed by atoms with E-state index in [4.69, 9.17) is 9.15 Å². The minimum absolute atomic E-state index is 0.0118. The Hall–Kier alpha value is -2.34. The number of aliphatic hydroxyl groups excluding tert-OH is 1. The molecule has 0 amide bonds. The molecule has 2 aliphatic carbocycles. The highest BCUT2D eigenvalue weighted by molar-refractivity contribution is 5.74. The summed E-state index contributed by atoms with van der Waals surface area (Å²) in [5.41, 5.74) is 2.28. The lowest BCUT2D eigenvalue weighted by atomic mass is 9.45. The number of aromatic hydroxyl groups is 1. The molecule has 2 N–H and O–H groups in total. The predicted molar refractivity (Wildman–Crippen MR) is 150 cm³/mol. The number of hydrogen-bond donors (Lipinski definition) is 2. The summed E-state index contributed by atoms with van der Waals surface area (Å²) in [6, 6.07) is 0. The highest BCUT2D eigenvalue weighted by Crippen LogP contribution is 2.63. The van der Waals surface area contributed by atoms with Crippen molar-refractivity contribution in [1.29, 1.82) is 0 Å². The number of esters is 1. The number of fused-ring (bicyclic) bond motifs is 1. The Morgan fingerprint density at radius 3 is 2.58 bits per heavy atom. The second kappa shape index (κ2) is 11.8. The first-order valence-corrected chi connectivity index (χ1v) is 14.3. The number of aliphatic hydroxyl groups is 1. The maximum Gasteiger partial charge on any atom is 0.342 e. The average Bonchev–Trinajstić information content (AvgIpc) is 2.83. The fourth-order valence-corrected chi connectivity index (χ4v) is 7.31. The molecule has 2 aliphatic rings. The van der Waals surface area contributed by atoms with Crippen molar-refractivity contribution in [1.82, 2.24) is 0 Å². The van der Waals surface area contributed by atoms with E-state index in [-0.39, 0.29) is 34.5 Å². The van der Waals surface area contributed by atoms with Crippen molar-refractivity contribution in [2.45, 2.75) is 118 Å².